The highest BCUT2D eigenvalue weighted by Crippen LogP contribution is 2.49. The summed E-state index contributed by atoms with van der Waals surface area (Å²) in [5.74, 6) is 3.42. The van der Waals surface area contributed by atoms with Crippen molar-refractivity contribution >= 4 is 51.0 Å². The first-order valence-electron chi connectivity index (χ1n) is 26.7. The minimum Gasteiger partial charge on any atom is -0.508 e. The molecule has 1 spiro atoms. The molecule has 12 rings (SSSR count). The molecule has 2 aliphatic carbocycles. The number of fused-ring (bicyclic) bond motifs is 4. The van der Waals surface area contributed by atoms with Gasteiger partial charge < -0.3 is 34.8 Å². The second kappa shape index (κ2) is 19.2. The van der Waals surface area contributed by atoms with Crippen molar-refractivity contribution < 1.29 is 28.6 Å². The third-order valence-electron chi connectivity index (χ3n) is 17.8. The molecule has 15 heteroatoms. The van der Waals surface area contributed by atoms with Crippen molar-refractivity contribution in [2.75, 3.05) is 88.4 Å². The minimum atomic E-state index is -0.494. The van der Waals surface area contributed by atoms with Crippen molar-refractivity contribution in [2.24, 2.45) is 16.7 Å². The summed E-state index contributed by atoms with van der Waals surface area (Å²) in [6.45, 7) is 12.0. The van der Waals surface area contributed by atoms with Crippen LogP contribution in [0.3, 0.4) is 0 Å². The lowest BCUT2D eigenvalue weighted by molar-refractivity contribution is -0.120. The topological polar surface area (TPSA) is 147 Å². The number of hydrogen-bond donors (Lipinski definition) is 3. The van der Waals surface area contributed by atoms with Crippen LogP contribution in [0.5, 0.6) is 11.8 Å². The van der Waals surface area contributed by atoms with E-state index in [1.807, 2.05) is 54.3 Å². The number of nitrogens with zero attached hydrogens (tertiary/aromatic N) is 7. The number of rotatable bonds is 11. The van der Waals surface area contributed by atoms with Gasteiger partial charge in [-0.1, -0.05) is 30.2 Å². The number of terminal acetylenes is 1. The number of piperidine rings is 1. The highest BCUT2D eigenvalue weighted by atomic mass is 19.1. The van der Waals surface area contributed by atoms with E-state index in [1.54, 1.807) is 23.1 Å². The fourth-order valence-corrected chi connectivity index (χ4v) is 13.2. The number of aromatic nitrogens is 2. The average molecular weight is 988 g/mol. The quantitative estimate of drug-likeness (QED) is 0.111. The van der Waals surface area contributed by atoms with E-state index in [0.29, 0.717) is 81.1 Å². The molecule has 3 N–H and O–H groups in total. The fraction of sp³-hybridized carbons (Fsp3) is 0.500. The normalized spacial score (nSPS) is 23.3. The van der Waals surface area contributed by atoms with Gasteiger partial charge in [-0.15, -0.1) is 6.42 Å². The third kappa shape index (κ3) is 9.47. The predicted octanol–water partition coefficient (Wildman–Crippen LogP) is 7.86. The van der Waals surface area contributed by atoms with Crippen LogP contribution in [0.15, 0.2) is 60.7 Å². The van der Waals surface area contributed by atoms with E-state index < -0.39 is 11.8 Å². The SMILES string of the molecule is C#Cc1cccc2cc(O)cc(-c3ccc4c(N5CC6CCC(C5)N6)nc(OCC5(CN6CCN(CC7CCC8(CC7)CCN(C(=O)c7ccc(C)c(N9CCC(=O)NC9=O)c7)CC8)CC6)CC5)nc4c3F)c12. The van der Waals surface area contributed by atoms with Crippen LogP contribution in [-0.2, 0) is 4.79 Å². The molecule has 2 saturated carbocycles. The van der Waals surface area contributed by atoms with Gasteiger partial charge in [-0.2, -0.15) is 9.97 Å². The smallest absolute Gasteiger partial charge is 0.328 e. The molecule has 2 bridgehead atoms. The Bertz CT molecular complexity index is 3020. The van der Waals surface area contributed by atoms with Crippen LogP contribution in [0.1, 0.15) is 92.1 Å². The number of nitrogens with one attached hydrogen (secondary N) is 2. The van der Waals surface area contributed by atoms with Gasteiger partial charge in [0.25, 0.3) is 5.91 Å². The van der Waals surface area contributed by atoms with Gasteiger partial charge >= 0.3 is 12.0 Å². The molecule has 14 nitrogen and oxygen atoms in total. The van der Waals surface area contributed by atoms with Crippen LogP contribution >= 0.6 is 0 Å². The number of hydrogen-bond acceptors (Lipinski definition) is 11. The summed E-state index contributed by atoms with van der Waals surface area (Å²) < 4.78 is 23.8. The molecule has 4 amide bonds. The number of aromatic hydroxyl groups is 1. The van der Waals surface area contributed by atoms with Gasteiger partial charge in [0.05, 0.1) is 6.61 Å². The first kappa shape index (κ1) is 47.7. The molecular weight excluding hydrogens is 922 g/mol. The molecule has 73 heavy (non-hydrogen) atoms. The first-order chi connectivity index (χ1) is 35.4. The van der Waals surface area contributed by atoms with Gasteiger partial charge in [0.15, 0.2) is 5.82 Å². The number of piperazine rings is 2. The second-order valence-electron chi connectivity index (χ2n) is 22.6. The number of likely N-dealkylation sites (tertiary alicyclic amines) is 1. The largest absolute Gasteiger partial charge is 0.508 e. The number of anilines is 2. The maximum atomic E-state index is 17.2. The molecule has 5 aliphatic heterocycles. The molecule has 5 saturated heterocycles. The van der Waals surface area contributed by atoms with Crippen molar-refractivity contribution in [3.63, 3.8) is 0 Å². The van der Waals surface area contributed by atoms with Crippen molar-refractivity contribution in [3.8, 4) is 35.2 Å². The number of ether oxygens (including phenoxy) is 1. The molecule has 4 aromatic carbocycles. The lowest BCUT2D eigenvalue weighted by atomic mass is 9.65. The van der Waals surface area contributed by atoms with Crippen molar-refractivity contribution in [2.45, 2.75) is 89.6 Å². The molecule has 2 atom stereocenters. The van der Waals surface area contributed by atoms with E-state index in [2.05, 4.69) is 31.3 Å². The van der Waals surface area contributed by atoms with Gasteiger partial charge in [0.1, 0.15) is 17.1 Å². The predicted molar refractivity (Wildman–Crippen MR) is 280 cm³/mol. The lowest BCUT2D eigenvalue weighted by Crippen LogP contribution is -2.51. The zero-order chi connectivity index (χ0) is 50.0. The van der Waals surface area contributed by atoms with E-state index in [0.717, 1.165) is 115 Å². The van der Waals surface area contributed by atoms with Gasteiger partial charge in [-0.05, 0) is 135 Å². The summed E-state index contributed by atoms with van der Waals surface area (Å²) in [6, 6.07) is 18.5. The molecular formula is C58H66FN9O5. The van der Waals surface area contributed by atoms with Crippen molar-refractivity contribution in [1.29, 1.82) is 0 Å². The van der Waals surface area contributed by atoms with Crippen LogP contribution in [0.2, 0.25) is 0 Å². The van der Waals surface area contributed by atoms with Crippen molar-refractivity contribution in [1.82, 2.24) is 35.3 Å². The summed E-state index contributed by atoms with van der Waals surface area (Å²) >= 11 is 0. The minimum absolute atomic E-state index is 0.00995. The number of phenols is 1. The van der Waals surface area contributed by atoms with E-state index in [1.165, 1.54) is 25.7 Å². The molecule has 5 aromatic rings. The Morgan fingerprint density at radius 3 is 2.34 bits per heavy atom. The zero-order valence-corrected chi connectivity index (χ0v) is 41.9. The van der Waals surface area contributed by atoms with Gasteiger partial charge in [-0.3, -0.25) is 19.8 Å². The fourth-order valence-electron chi connectivity index (χ4n) is 13.2. The molecule has 1 aromatic heterocycles. The molecule has 7 aliphatic rings. The van der Waals surface area contributed by atoms with E-state index in [4.69, 9.17) is 21.1 Å². The monoisotopic (exact) mass is 988 g/mol. The summed E-state index contributed by atoms with van der Waals surface area (Å²) in [5.41, 5.74) is 4.13. The molecule has 2 unspecified atom stereocenters. The zero-order valence-electron chi connectivity index (χ0n) is 41.9. The van der Waals surface area contributed by atoms with Crippen molar-refractivity contribution in [3.05, 3.63) is 83.2 Å². The van der Waals surface area contributed by atoms with Crippen LogP contribution in [0.25, 0.3) is 32.8 Å². The highest BCUT2D eigenvalue weighted by Gasteiger charge is 2.46. The Hall–Kier alpha value is -6.34. The Morgan fingerprint density at radius 1 is 0.863 bits per heavy atom. The number of phenolic OH excluding ortho intramolecular Hbond substituents is 1. The van der Waals surface area contributed by atoms with Crippen LogP contribution in [-0.4, -0.2) is 138 Å². The van der Waals surface area contributed by atoms with Crippen LogP contribution in [0, 0.1) is 41.8 Å². The summed E-state index contributed by atoms with van der Waals surface area (Å²) in [4.78, 5) is 59.1. The van der Waals surface area contributed by atoms with E-state index in [9.17, 15) is 19.5 Å². The number of aryl methyl sites for hydroxylation is 1. The van der Waals surface area contributed by atoms with Gasteiger partial charge in [0.2, 0.25) is 5.91 Å². The number of amides is 4. The molecule has 6 heterocycles. The average Bonchev–Trinajstić information content (AvgIpc) is 4.08. The standard InChI is InChI=1S/C58H66FN9O5/c1-3-39-5-4-6-40-29-44(69)31-47(50(39)40)45-11-12-46-52(51(45)59)62-55(63-53(46)67-33-42-9-10-43(34-67)60-42)73-36-58(18-19-58)35-65-27-25-64(26-28-65)32-38-13-16-57(17-14-38)20-23-66(24-21-57)54(71)41-8-7-37(2)48(30-41)68-22-15-49(70)61-56(68)72/h1,4-8,11-12,29-31,38,42-43,60,69H,9-10,13-28,32-36H2,2H3,(H,61,70,72). The maximum Gasteiger partial charge on any atom is 0.328 e. The number of carbonyl (C=O) groups excluding carboxylic acids is 3. The Balaban J connectivity index is 0.652. The molecule has 7 fully saturated rings. The van der Waals surface area contributed by atoms with Crippen LogP contribution in [0.4, 0.5) is 20.7 Å². The maximum absolute atomic E-state index is 17.2. The lowest BCUT2D eigenvalue weighted by Gasteiger charge is -2.47. The Morgan fingerprint density at radius 2 is 1.62 bits per heavy atom. The number of carbonyl (C=O) groups is 3. The summed E-state index contributed by atoms with van der Waals surface area (Å²) in [7, 11) is 0. The summed E-state index contributed by atoms with van der Waals surface area (Å²) in [5, 5.41) is 19.0. The molecule has 0 radical (unpaired) electrons. The number of imide groups is 1. The highest BCUT2D eigenvalue weighted by molar-refractivity contribution is 6.07. The third-order valence-corrected chi connectivity index (χ3v) is 17.8. The number of halogens is 1. The first-order valence-corrected chi connectivity index (χ1v) is 26.7. The van der Waals surface area contributed by atoms with E-state index >= 15 is 4.39 Å². The second-order valence-corrected chi connectivity index (χ2v) is 22.6. The number of benzene rings is 4. The Labute approximate surface area is 426 Å². The van der Waals surface area contributed by atoms with Gasteiger partial charge in [-0.25, -0.2) is 9.18 Å². The molecule has 380 valence electrons. The van der Waals surface area contributed by atoms with E-state index in [-0.39, 0.29) is 40.9 Å². The number of urea groups is 1. The van der Waals surface area contributed by atoms with Crippen LogP contribution < -0.4 is 25.2 Å². The van der Waals surface area contributed by atoms with Gasteiger partial charge in [0, 0.05) is 129 Å². The summed E-state index contributed by atoms with van der Waals surface area (Å²) in [6.07, 6.45) is 17.5. The Kier molecular flexibility index (Phi) is 12.5.